The third-order valence-electron chi connectivity index (χ3n) is 4.21. The fourth-order valence-corrected chi connectivity index (χ4v) is 2.76. The van der Waals surface area contributed by atoms with Crippen LogP contribution in [0.2, 0.25) is 0 Å². The summed E-state index contributed by atoms with van der Waals surface area (Å²) in [5.74, 6) is 0.180. The van der Waals surface area contributed by atoms with Crippen molar-refractivity contribution in [1.82, 2.24) is 20.6 Å². The lowest BCUT2D eigenvalue weighted by molar-refractivity contribution is 0.477. The molecule has 0 radical (unpaired) electrons. The van der Waals surface area contributed by atoms with Crippen LogP contribution in [-0.4, -0.2) is 25.7 Å². The van der Waals surface area contributed by atoms with E-state index in [1.54, 1.807) is 30.3 Å². The van der Waals surface area contributed by atoms with Crippen LogP contribution in [0.5, 0.6) is 5.75 Å². The van der Waals surface area contributed by atoms with Gasteiger partial charge in [-0.05, 0) is 52.2 Å². The van der Waals surface area contributed by atoms with E-state index in [0.717, 1.165) is 22.4 Å². The van der Waals surface area contributed by atoms with Crippen LogP contribution in [-0.2, 0) is 6.54 Å². The first-order valence-electron chi connectivity index (χ1n) is 8.34. The van der Waals surface area contributed by atoms with Crippen molar-refractivity contribution < 1.29 is 9.50 Å². The smallest absolute Gasteiger partial charge is 0.208 e. The lowest BCUT2D eigenvalue weighted by Crippen LogP contribution is -1.99. The number of phenolic OH excluding ortho intramolecular Hbond substituents is 1. The van der Waals surface area contributed by atoms with Crippen molar-refractivity contribution in [3.8, 4) is 28.3 Å². The first-order chi connectivity index (χ1) is 13.2. The molecule has 7 heteroatoms. The summed E-state index contributed by atoms with van der Waals surface area (Å²) in [6, 6.07) is 19.6. The summed E-state index contributed by atoms with van der Waals surface area (Å²) < 4.78 is 13.0. The molecule has 0 aliphatic carbocycles. The Balaban J connectivity index is 1.46. The first-order valence-corrected chi connectivity index (χ1v) is 8.34. The van der Waals surface area contributed by atoms with Crippen molar-refractivity contribution >= 4 is 5.69 Å². The van der Waals surface area contributed by atoms with Crippen molar-refractivity contribution in [2.24, 2.45) is 0 Å². The van der Waals surface area contributed by atoms with E-state index in [-0.39, 0.29) is 11.6 Å². The maximum atomic E-state index is 13.0. The van der Waals surface area contributed by atoms with E-state index in [2.05, 4.69) is 25.9 Å². The van der Waals surface area contributed by atoms with E-state index in [9.17, 15) is 9.50 Å². The van der Waals surface area contributed by atoms with Gasteiger partial charge in [0.2, 0.25) is 5.82 Å². The third-order valence-corrected chi connectivity index (χ3v) is 4.21. The quantitative estimate of drug-likeness (QED) is 0.468. The molecule has 0 aliphatic rings. The van der Waals surface area contributed by atoms with Crippen LogP contribution in [0.3, 0.4) is 0 Å². The number of aromatic hydroxyl groups is 1. The van der Waals surface area contributed by atoms with Crippen molar-refractivity contribution in [3.63, 3.8) is 0 Å². The van der Waals surface area contributed by atoms with Crippen LogP contribution in [0.4, 0.5) is 10.1 Å². The second kappa shape index (κ2) is 7.25. The third kappa shape index (κ3) is 3.77. The van der Waals surface area contributed by atoms with Gasteiger partial charge in [-0.2, -0.15) is 5.21 Å². The molecule has 0 saturated heterocycles. The van der Waals surface area contributed by atoms with Gasteiger partial charge in [-0.15, -0.1) is 10.2 Å². The van der Waals surface area contributed by atoms with Gasteiger partial charge in [0.1, 0.15) is 11.6 Å². The highest BCUT2D eigenvalue weighted by Crippen LogP contribution is 2.29. The molecule has 3 aromatic carbocycles. The van der Waals surface area contributed by atoms with E-state index in [0.29, 0.717) is 17.9 Å². The summed E-state index contributed by atoms with van der Waals surface area (Å²) in [7, 11) is 0. The Morgan fingerprint density at radius 3 is 2.30 bits per heavy atom. The zero-order chi connectivity index (χ0) is 18.6. The van der Waals surface area contributed by atoms with E-state index in [1.165, 1.54) is 12.1 Å². The molecule has 0 amide bonds. The number of nitrogens with zero attached hydrogens (tertiary/aromatic N) is 3. The second-order valence-corrected chi connectivity index (χ2v) is 6.02. The van der Waals surface area contributed by atoms with Crippen molar-refractivity contribution in [1.29, 1.82) is 0 Å². The zero-order valence-corrected chi connectivity index (χ0v) is 14.2. The number of nitrogens with one attached hydrogen (secondary N) is 2. The van der Waals surface area contributed by atoms with Crippen molar-refractivity contribution in [3.05, 3.63) is 78.1 Å². The van der Waals surface area contributed by atoms with Crippen LogP contribution in [0.1, 0.15) is 5.56 Å². The Bertz CT molecular complexity index is 1030. The van der Waals surface area contributed by atoms with Gasteiger partial charge in [0.15, 0.2) is 0 Å². The van der Waals surface area contributed by atoms with Crippen molar-refractivity contribution in [2.45, 2.75) is 6.54 Å². The van der Waals surface area contributed by atoms with Gasteiger partial charge in [-0.25, -0.2) is 4.39 Å². The number of rotatable bonds is 5. The number of aromatic nitrogens is 4. The van der Waals surface area contributed by atoms with Gasteiger partial charge in [-0.3, -0.25) is 0 Å². The molecular weight excluding hydrogens is 345 g/mol. The summed E-state index contributed by atoms with van der Waals surface area (Å²) in [6.45, 7) is 0.611. The van der Waals surface area contributed by atoms with Crippen LogP contribution in [0, 0.1) is 5.82 Å². The Kier molecular flexibility index (Phi) is 4.49. The minimum absolute atomic E-state index is 0.0885. The number of anilines is 1. The topological polar surface area (TPSA) is 86.7 Å². The molecule has 0 fully saturated rings. The van der Waals surface area contributed by atoms with E-state index < -0.39 is 0 Å². The molecule has 6 nitrogen and oxygen atoms in total. The number of halogens is 1. The summed E-state index contributed by atoms with van der Waals surface area (Å²) >= 11 is 0. The van der Waals surface area contributed by atoms with Gasteiger partial charge in [0.25, 0.3) is 0 Å². The molecule has 27 heavy (non-hydrogen) atoms. The molecule has 0 atom stereocenters. The average Bonchev–Trinajstić information content (AvgIpc) is 3.23. The fraction of sp³-hybridized carbons (Fsp3) is 0.0500. The number of H-pyrrole nitrogens is 1. The molecule has 4 aromatic rings. The maximum absolute atomic E-state index is 13.0. The molecule has 1 aromatic heterocycles. The predicted octanol–water partition coefficient (Wildman–Crippen LogP) is 3.99. The monoisotopic (exact) mass is 361 g/mol. The lowest BCUT2D eigenvalue weighted by Gasteiger charge is -2.09. The molecule has 1 heterocycles. The van der Waals surface area contributed by atoms with Crippen LogP contribution < -0.4 is 5.32 Å². The highest BCUT2D eigenvalue weighted by molar-refractivity contribution is 5.69. The van der Waals surface area contributed by atoms with Gasteiger partial charge >= 0.3 is 0 Å². The van der Waals surface area contributed by atoms with Crippen LogP contribution >= 0.6 is 0 Å². The highest BCUT2D eigenvalue weighted by atomic mass is 19.1. The first kappa shape index (κ1) is 16.7. The summed E-state index contributed by atoms with van der Waals surface area (Å²) in [5.41, 5.74) is 4.42. The number of benzene rings is 3. The number of aromatic amines is 1. The largest absolute Gasteiger partial charge is 0.507 e. The molecular formula is C20H16FN5O. The maximum Gasteiger partial charge on any atom is 0.208 e. The number of phenols is 1. The van der Waals surface area contributed by atoms with E-state index in [4.69, 9.17) is 0 Å². The molecule has 134 valence electrons. The van der Waals surface area contributed by atoms with Crippen LogP contribution in [0.25, 0.3) is 22.5 Å². The Morgan fingerprint density at radius 1 is 0.926 bits per heavy atom. The lowest BCUT2D eigenvalue weighted by atomic mass is 10.0. The van der Waals surface area contributed by atoms with Crippen molar-refractivity contribution in [2.75, 3.05) is 5.32 Å². The summed E-state index contributed by atoms with van der Waals surface area (Å²) in [6.07, 6.45) is 0. The molecule has 0 aliphatic heterocycles. The summed E-state index contributed by atoms with van der Waals surface area (Å²) in [5, 5.41) is 27.0. The van der Waals surface area contributed by atoms with Crippen LogP contribution in [0.15, 0.2) is 66.7 Å². The normalized spacial score (nSPS) is 10.7. The molecule has 0 unspecified atom stereocenters. The SMILES string of the molecule is Oc1ccc(NCc2ccc(-c3ccc(F)cc3)cc2)cc1-c1nn[nH]n1. The highest BCUT2D eigenvalue weighted by Gasteiger charge is 2.09. The van der Waals surface area contributed by atoms with Gasteiger partial charge in [0, 0.05) is 12.2 Å². The predicted molar refractivity (Wildman–Crippen MR) is 100 cm³/mol. The number of hydrogen-bond acceptors (Lipinski definition) is 5. The Labute approximate surface area is 154 Å². The van der Waals surface area contributed by atoms with Gasteiger partial charge in [0.05, 0.1) is 5.56 Å². The molecule has 0 bridgehead atoms. The zero-order valence-electron chi connectivity index (χ0n) is 14.2. The van der Waals surface area contributed by atoms with E-state index >= 15 is 0 Å². The molecule has 0 saturated carbocycles. The Morgan fingerprint density at radius 2 is 1.63 bits per heavy atom. The summed E-state index contributed by atoms with van der Waals surface area (Å²) in [4.78, 5) is 0. The number of tetrazole rings is 1. The Hall–Kier alpha value is -3.74. The molecule has 0 spiro atoms. The van der Waals surface area contributed by atoms with Gasteiger partial charge in [-0.1, -0.05) is 36.4 Å². The minimum atomic E-state index is -0.242. The molecule has 3 N–H and O–H groups in total. The fourth-order valence-electron chi connectivity index (χ4n) is 2.76. The standard InChI is InChI=1S/C20H16FN5O/c21-16-7-5-15(6-8-16)14-3-1-13(2-4-14)12-22-17-9-10-19(27)18(11-17)20-23-25-26-24-20/h1-11,22,27H,12H2,(H,23,24,25,26). The number of hydrogen-bond donors (Lipinski definition) is 3. The second-order valence-electron chi connectivity index (χ2n) is 6.02. The average molecular weight is 361 g/mol. The van der Waals surface area contributed by atoms with Gasteiger partial charge < -0.3 is 10.4 Å². The molecule has 4 rings (SSSR count). The minimum Gasteiger partial charge on any atom is -0.507 e. The van der Waals surface area contributed by atoms with E-state index in [1.807, 2.05) is 24.3 Å².